The molecule has 9 heteroatoms. The Morgan fingerprint density at radius 3 is 2.62 bits per heavy atom. The van der Waals surface area contributed by atoms with Crippen LogP contribution in [0.2, 0.25) is 0 Å². The monoisotopic (exact) mass is 443 g/mol. The molecule has 4 atom stereocenters. The van der Waals surface area contributed by atoms with E-state index in [-0.39, 0.29) is 24.0 Å². The molecule has 4 N–H and O–H groups in total. The topological polar surface area (TPSA) is 88.8 Å². The highest BCUT2D eigenvalue weighted by Gasteiger charge is 2.43. The molecule has 0 aliphatic carbocycles. The summed E-state index contributed by atoms with van der Waals surface area (Å²) in [5.41, 5.74) is 7.28. The van der Waals surface area contributed by atoms with Gasteiger partial charge >= 0.3 is 6.18 Å². The van der Waals surface area contributed by atoms with Crippen LogP contribution >= 0.6 is 0 Å². The van der Waals surface area contributed by atoms with Gasteiger partial charge in [-0.3, -0.25) is 5.10 Å². The minimum atomic E-state index is -4.40. The Kier molecular flexibility index (Phi) is 5.28. The standard InChI is InChI=1S/C23H24F3N5O/c24-23(25,26)14-6-10-18-17(12-14)21-16(20(28-18)13-4-2-1-3-5-13)9-7-15(32-21)8-11-19-29-22(27)31-30-19/h1-6,10,12,15-16,20-21,28H,7-9,11H2,(H3,27,29,30,31)/t15-,16+,20+,21+/m1/s1. The highest BCUT2D eigenvalue weighted by molar-refractivity contribution is 5.58. The van der Waals surface area contributed by atoms with E-state index in [9.17, 15) is 13.2 Å². The average molecular weight is 443 g/mol. The number of aryl methyl sites for hydroxylation is 1. The van der Waals surface area contributed by atoms with Crippen molar-refractivity contribution < 1.29 is 17.9 Å². The molecular weight excluding hydrogens is 419 g/mol. The van der Waals surface area contributed by atoms with Crippen LogP contribution in [0.15, 0.2) is 48.5 Å². The van der Waals surface area contributed by atoms with Gasteiger partial charge in [0.05, 0.1) is 23.8 Å². The molecule has 5 rings (SSSR count). The summed E-state index contributed by atoms with van der Waals surface area (Å²) in [6.07, 6.45) is -1.93. The SMILES string of the molecule is Nc1n[nH]c(CC[C@H]2CC[C@@H]3[C@H](O2)c2cc(C(F)(F)F)ccc2N[C@H]3c2ccccc2)n1. The van der Waals surface area contributed by atoms with Gasteiger partial charge in [0, 0.05) is 23.6 Å². The van der Waals surface area contributed by atoms with Crippen LogP contribution in [0, 0.1) is 5.92 Å². The number of nitrogens with zero attached hydrogens (tertiary/aromatic N) is 2. The van der Waals surface area contributed by atoms with Crippen molar-refractivity contribution in [3.8, 4) is 0 Å². The molecule has 0 bridgehead atoms. The Hall–Kier alpha value is -3.07. The number of nitrogens with two attached hydrogens (primary N) is 1. The van der Waals surface area contributed by atoms with Crippen molar-refractivity contribution in [2.24, 2.45) is 5.92 Å². The Labute approximate surface area is 183 Å². The van der Waals surface area contributed by atoms with Gasteiger partial charge in [-0.25, -0.2) is 0 Å². The summed E-state index contributed by atoms with van der Waals surface area (Å²) >= 11 is 0. The third-order valence-corrected chi connectivity index (χ3v) is 6.39. The summed E-state index contributed by atoms with van der Waals surface area (Å²) in [4.78, 5) is 4.12. The van der Waals surface area contributed by atoms with Gasteiger partial charge in [0.25, 0.3) is 0 Å². The first-order valence-corrected chi connectivity index (χ1v) is 10.7. The highest BCUT2D eigenvalue weighted by Crippen LogP contribution is 2.51. The zero-order valence-electron chi connectivity index (χ0n) is 17.3. The van der Waals surface area contributed by atoms with Gasteiger partial charge in [-0.15, -0.1) is 5.10 Å². The molecule has 1 fully saturated rings. The van der Waals surface area contributed by atoms with Gasteiger partial charge in [0.15, 0.2) is 0 Å². The fraction of sp³-hybridized carbons (Fsp3) is 0.391. The number of nitrogen functional groups attached to an aromatic ring is 1. The van der Waals surface area contributed by atoms with Gasteiger partial charge in [0.1, 0.15) is 5.82 Å². The lowest BCUT2D eigenvalue weighted by Crippen LogP contribution is -2.39. The Balaban J connectivity index is 1.44. The van der Waals surface area contributed by atoms with Crippen LogP contribution in [-0.4, -0.2) is 21.3 Å². The fourth-order valence-corrected chi connectivity index (χ4v) is 4.85. The maximum Gasteiger partial charge on any atom is 0.416 e. The first-order valence-electron chi connectivity index (χ1n) is 10.7. The van der Waals surface area contributed by atoms with Crippen molar-refractivity contribution >= 4 is 11.6 Å². The van der Waals surface area contributed by atoms with E-state index in [1.54, 1.807) is 0 Å². The van der Waals surface area contributed by atoms with Gasteiger partial charge in [-0.2, -0.15) is 18.2 Å². The third kappa shape index (κ3) is 4.04. The molecule has 0 saturated carbocycles. The van der Waals surface area contributed by atoms with E-state index >= 15 is 0 Å². The maximum atomic E-state index is 13.4. The number of aromatic nitrogens is 3. The molecule has 0 radical (unpaired) electrons. The number of hydrogen-bond donors (Lipinski definition) is 3. The quantitative estimate of drug-likeness (QED) is 0.526. The fourth-order valence-electron chi connectivity index (χ4n) is 4.85. The van der Waals surface area contributed by atoms with E-state index in [0.717, 1.165) is 24.5 Å². The Morgan fingerprint density at radius 1 is 1.09 bits per heavy atom. The Morgan fingerprint density at radius 2 is 1.91 bits per heavy atom. The van der Waals surface area contributed by atoms with E-state index in [2.05, 4.69) is 20.5 Å². The smallest absolute Gasteiger partial charge is 0.378 e. The zero-order chi connectivity index (χ0) is 22.3. The minimum absolute atomic E-state index is 0.0274. The highest BCUT2D eigenvalue weighted by atomic mass is 19.4. The molecule has 3 heterocycles. The summed E-state index contributed by atoms with van der Waals surface area (Å²) in [6, 6.07) is 13.9. The van der Waals surface area contributed by atoms with Crippen LogP contribution in [0.25, 0.3) is 0 Å². The second-order valence-corrected chi connectivity index (χ2v) is 8.43. The summed E-state index contributed by atoms with van der Waals surface area (Å²) in [5.74, 6) is 0.910. The third-order valence-electron chi connectivity index (χ3n) is 6.39. The predicted molar refractivity (Wildman–Crippen MR) is 114 cm³/mol. The number of halogens is 3. The van der Waals surface area contributed by atoms with Crippen molar-refractivity contribution in [2.75, 3.05) is 11.1 Å². The summed E-state index contributed by atoms with van der Waals surface area (Å²) < 4.78 is 46.7. The first-order chi connectivity index (χ1) is 15.4. The van der Waals surface area contributed by atoms with Crippen LogP contribution in [0.4, 0.5) is 24.8 Å². The Bertz CT molecular complexity index is 1080. The van der Waals surface area contributed by atoms with Crippen molar-refractivity contribution in [1.82, 2.24) is 15.2 Å². The largest absolute Gasteiger partial charge is 0.416 e. The average Bonchev–Trinajstić information content (AvgIpc) is 3.21. The normalized spacial score (nSPS) is 25.0. The summed E-state index contributed by atoms with van der Waals surface area (Å²) in [5, 5.41) is 10.1. The first kappa shape index (κ1) is 20.8. The summed E-state index contributed by atoms with van der Waals surface area (Å²) in [7, 11) is 0. The zero-order valence-corrected chi connectivity index (χ0v) is 17.3. The second kappa shape index (κ2) is 8.12. The number of benzene rings is 2. The molecule has 0 unspecified atom stereocenters. The number of anilines is 2. The number of H-pyrrole nitrogens is 1. The second-order valence-electron chi connectivity index (χ2n) is 8.43. The lowest BCUT2D eigenvalue weighted by Gasteiger charge is -2.46. The number of fused-ring (bicyclic) bond motifs is 3. The van der Waals surface area contributed by atoms with Gasteiger partial charge in [-0.1, -0.05) is 30.3 Å². The summed E-state index contributed by atoms with van der Waals surface area (Å²) in [6.45, 7) is 0. The van der Waals surface area contributed by atoms with Crippen LogP contribution in [0.3, 0.4) is 0 Å². The number of rotatable bonds is 4. The van der Waals surface area contributed by atoms with Crippen molar-refractivity contribution in [3.05, 3.63) is 71.0 Å². The lowest BCUT2D eigenvalue weighted by molar-refractivity contribution is -0.138. The van der Waals surface area contributed by atoms with Crippen LogP contribution in [-0.2, 0) is 17.3 Å². The number of ether oxygens (including phenoxy) is 1. The van der Waals surface area contributed by atoms with Gasteiger partial charge in [0.2, 0.25) is 5.95 Å². The molecule has 1 saturated heterocycles. The number of aromatic amines is 1. The maximum absolute atomic E-state index is 13.4. The number of nitrogens with one attached hydrogen (secondary N) is 2. The van der Waals surface area contributed by atoms with Gasteiger partial charge < -0.3 is 15.8 Å². The molecule has 168 valence electrons. The molecule has 2 aliphatic rings. The molecule has 32 heavy (non-hydrogen) atoms. The lowest BCUT2D eigenvalue weighted by atomic mass is 9.76. The molecular formula is C23H24F3N5O. The molecule has 6 nitrogen and oxygen atoms in total. The van der Waals surface area contributed by atoms with Crippen molar-refractivity contribution in [1.29, 1.82) is 0 Å². The van der Waals surface area contributed by atoms with E-state index < -0.39 is 17.8 Å². The minimum Gasteiger partial charge on any atom is -0.378 e. The van der Waals surface area contributed by atoms with Crippen LogP contribution < -0.4 is 11.1 Å². The van der Waals surface area contributed by atoms with Gasteiger partial charge in [-0.05, 0) is 43.0 Å². The van der Waals surface area contributed by atoms with Crippen LogP contribution in [0.5, 0.6) is 0 Å². The van der Waals surface area contributed by atoms with E-state index in [4.69, 9.17) is 10.5 Å². The molecule has 2 aliphatic heterocycles. The molecule has 3 aromatic rings. The van der Waals surface area contributed by atoms with E-state index in [1.165, 1.54) is 12.1 Å². The number of alkyl halides is 3. The van der Waals surface area contributed by atoms with Crippen molar-refractivity contribution in [3.63, 3.8) is 0 Å². The van der Waals surface area contributed by atoms with E-state index in [1.807, 2.05) is 30.3 Å². The molecule has 0 spiro atoms. The van der Waals surface area contributed by atoms with Crippen molar-refractivity contribution in [2.45, 2.75) is 50.1 Å². The molecule has 2 aromatic carbocycles. The molecule has 1 aromatic heterocycles. The molecule has 0 amide bonds. The predicted octanol–water partition coefficient (Wildman–Crippen LogP) is 5.04. The van der Waals surface area contributed by atoms with Crippen LogP contribution in [0.1, 0.15) is 53.9 Å². The number of hydrogen-bond acceptors (Lipinski definition) is 5. The van der Waals surface area contributed by atoms with E-state index in [0.29, 0.717) is 29.9 Å².